The molecule has 2 aromatic heterocycles. The quantitative estimate of drug-likeness (QED) is 0.716. The highest BCUT2D eigenvalue weighted by molar-refractivity contribution is 9.10. The molecule has 0 N–H and O–H groups in total. The molecule has 0 bridgehead atoms. The van der Waals surface area contributed by atoms with Crippen LogP contribution in [0.4, 0.5) is 11.5 Å². The summed E-state index contributed by atoms with van der Waals surface area (Å²) in [5.41, 5.74) is 4.36. The Bertz CT molecular complexity index is 779. The molecular formula is C15H15BrN4. The molecule has 3 aromatic rings. The van der Waals surface area contributed by atoms with Crippen LogP contribution in [0.15, 0.2) is 41.3 Å². The highest BCUT2D eigenvalue weighted by atomic mass is 79.9. The molecule has 0 amide bonds. The molecule has 0 radical (unpaired) electrons. The van der Waals surface area contributed by atoms with Gasteiger partial charge in [-0.25, -0.2) is 9.97 Å². The van der Waals surface area contributed by atoms with E-state index in [1.165, 1.54) is 5.56 Å². The monoisotopic (exact) mass is 330 g/mol. The van der Waals surface area contributed by atoms with Crippen LogP contribution < -0.4 is 4.90 Å². The molecule has 0 atom stereocenters. The van der Waals surface area contributed by atoms with Gasteiger partial charge in [-0.2, -0.15) is 0 Å². The summed E-state index contributed by atoms with van der Waals surface area (Å²) < 4.78 is 3.04. The third-order valence-electron chi connectivity index (χ3n) is 3.47. The molecule has 0 saturated heterocycles. The summed E-state index contributed by atoms with van der Waals surface area (Å²) in [5, 5.41) is 0. The van der Waals surface area contributed by atoms with Crippen LogP contribution in [-0.2, 0) is 7.05 Å². The van der Waals surface area contributed by atoms with Crippen LogP contribution in [0.5, 0.6) is 0 Å². The van der Waals surface area contributed by atoms with Gasteiger partial charge in [-0.3, -0.25) is 0 Å². The van der Waals surface area contributed by atoms with Crippen molar-refractivity contribution in [2.75, 3.05) is 11.9 Å². The molecule has 0 saturated carbocycles. The lowest BCUT2D eigenvalue weighted by atomic mass is 10.2. The van der Waals surface area contributed by atoms with E-state index in [2.05, 4.69) is 62.0 Å². The number of aromatic nitrogens is 3. The van der Waals surface area contributed by atoms with E-state index in [4.69, 9.17) is 0 Å². The maximum Gasteiger partial charge on any atom is 0.132 e. The van der Waals surface area contributed by atoms with Crippen molar-refractivity contribution in [1.29, 1.82) is 0 Å². The SMILES string of the molecule is Cc1cc(N(C)c2ccc3c(c2)ncn3C)ncc1Br. The summed E-state index contributed by atoms with van der Waals surface area (Å²) in [6.45, 7) is 2.06. The lowest BCUT2D eigenvalue weighted by Crippen LogP contribution is -2.11. The first-order valence-electron chi connectivity index (χ1n) is 6.33. The molecule has 20 heavy (non-hydrogen) atoms. The van der Waals surface area contributed by atoms with Gasteiger partial charge in [0.15, 0.2) is 0 Å². The molecule has 0 spiro atoms. The van der Waals surface area contributed by atoms with Gasteiger partial charge in [0.1, 0.15) is 5.82 Å². The molecule has 4 nitrogen and oxygen atoms in total. The minimum absolute atomic E-state index is 0.918. The third kappa shape index (κ3) is 2.18. The predicted molar refractivity (Wildman–Crippen MR) is 85.5 cm³/mol. The Balaban J connectivity index is 2.02. The normalized spacial score (nSPS) is 11.0. The minimum Gasteiger partial charge on any atom is -0.334 e. The van der Waals surface area contributed by atoms with Gasteiger partial charge in [-0.15, -0.1) is 0 Å². The Labute approximate surface area is 126 Å². The molecule has 0 aliphatic heterocycles. The zero-order chi connectivity index (χ0) is 14.3. The van der Waals surface area contributed by atoms with Gasteiger partial charge in [0.05, 0.1) is 17.4 Å². The average molecular weight is 331 g/mol. The van der Waals surface area contributed by atoms with Crippen molar-refractivity contribution >= 4 is 38.5 Å². The maximum atomic E-state index is 4.45. The summed E-state index contributed by atoms with van der Waals surface area (Å²) in [4.78, 5) is 10.9. The first-order valence-corrected chi connectivity index (χ1v) is 7.12. The smallest absolute Gasteiger partial charge is 0.132 e. The number of imidazole rings is 1. The second-order valence-corrected chi connectivity index (χ2v) is 5.73. The van der Waals surface area contributed by atoms with E-state index in [1.807, 2.05) is 31.2 Å². The van der Waals surface area contributed by atoms with Crippen LogP contribution in [-0.4, -0.2) is 21.6 Å². The zero-order valence-electron chi connectivity index (χ0n) is 11.6. The highest BCUT2D eigenvalue weighted by Gasteiger charge is 2.09. The van der Waals surface area contributed by atoms with Gasteiger partial charge in [-0.1, -0.05) is 0 Å². The van der Waals surface area contributed by atoms with E-state index in [0.717, 1.165) is 27.0 Å². The van der Waals surface area contributed by atoms with Gasteiger partial charge in [0.2, 0.25) is 0 Å². The second kappa shape index (κ2) is 4.90. The fourth-order valence-corrected chi connectivity index (χ4v) is 2.39. The van der Waals surface area contributed by atoms with Crippen molar-refractivity contribution in [3.63, 3.8) is 0 Å². The third-order valence-corrected chi connectivity index (χ3v) is 4.30. The largest absolute Gasteiger partial charge is 0.334 e. The summed E-state index contributed by atoms with van der Waals surface area (Å²) in [5.74, 6) is 0.918. The van der Waals surface area contributed by atoms with Crippen LogP contribution in [0.3, 0.4) is 0 Å². The van der Waals surface area contributed by atoms with Crippen molar-refractivity contribution in [3.05, 3.63) is 46.8 Å². The van der Waals surface area contributed by atoms with Gasteiger partial charge < -0.3 is 9.47 Å². The fraction of sp³-hybridized carbons (Fsp3) is 0.200. The number of hydrogen-bond acceptors (Lipinski definition) is 3. The van der Waals surface area contributed by atoms with Crippen LogP contribution >= 0.6 is 15.9 Å². The molecule has 2 heterocycles. The Morgan fingerprint density at radius 3 is 2.75 bits per heavy atom. The highest BCUT2D eigenvalue weighted by Crippen LogP contribution is 2.27. The number of anilines is 2. The fourth-order valence-electron chi connectivity index (χ4n) is 2.17. The first-order chi connectivity index (χ1) is 9.56. The van der Waals surface area contributed by atoms with E-state index < -0.39 is 0 Å². The molecule has 0 aliphatic carbocycles. The molecule has 0 fully saturated rings. The lowest BCUT2D eigenvalue weighted by molar-refractivity contribution is 0.947. The van der Waals surface area contributed by atoms with Crippen molar-refractivity contribution in [2.45, 2.75) is 6.92 Å². The Morgan fingerprint density at radius 2 is 2.00 bits per heavy atom. The summed E-state index contributed by atoms with van der Waals surface area (Å²) in [7, 11) is 4.01. The molecule has 102 valence electrons. The first kappa shape index (κ1) is 13.1. The molecule has 0 unspecified atom stereocenters. The minimum atomic E-state index is 0.918. The standard InChI is InChI=1S/C15H15BrN4/c1-10-6-15(17-8-12(10)16)20(3)11-4-5-14-13(7-11)18-9-19(14)2/h4-9H,1-3H3. The van der Waals surface area contributed by atoms with Crippen LogP contribution in [0, 0.1) is 6.92 Å². The van der Waals surface area contributed by atoms with Gasteiger partial charge >= 0.3 is 0 Å². The maximum absolute atomic E-state index is 4.45. The van der Waals surface area contributed by atoms with Crippen molar-refractivity contribution in [2.24, 2.45) is 7.05 Å². The van der Waals surface area contributed by atoms with Crippen LogP contribution in [0.25, 0.3) is 11.0 Å². The van der Waals surface area contributed by atoms with Crippen LogP contribution in [0.2, 0.25) is 0 Å². The van der Waals surface area contributed by atoms with E-state index in [0.29, 0.717) is 0 Å². The summed E-state index contributed by atoms with van der Waals surface area (Å²) in [6.07, 6.45) is 3.66. The van der Waals surface area contributed by atoms with E-state index in [1.54, 1.807) is 0 Å². The second-order valence-electron chi connectivity index (χ2n) is 4.88. The molecule has 3 rings (SSSR count). The average Bonchev–Trinajstić information content (AvgIpc) is 2.82. The van der Waals surface area contributed by atoms with E-state index in [-0.39, 0.29) is 0 Å². The predicted octanol–water partition coefficient (Wildman–Crippen LogP) is 3.81. The number of hydrogen-bond donors (Lipinski definition) is 0. The molecule has 5 heteroatoms. The number of aryl methyl sites for hydroxylation is 2. The molecule has 0 aliphatic rings. The molecule has 1 aromatic carbocycles. The number of rotatable bonds is 2. The van der Waals surface area contributed by atoms with Crippen molar-refractivity contribution in [3.8, 4) is 0 Å². The van der Waals surface area contributed by atoms with E-state index in [9.17, 15) is 0 Å². The zero-order valence-corrected chi connectivity index (χ0v) is 13.2. The summed E-state index contributed by atoms with van der Waals surface area (Å²) >= 11 is 3.48. The lowest BCUT2D eigenvalue weighted by Gasteiger charge is -2.19. The van der Waals surface area contributed by atoms with Gasteiger partial charge in [-0.05, 0) is 52.7 Å². The number of pyridine rings is 1. The number of fused-ring (bicyclic) bond motifs is 1. The molecular weight excluding hydrogens is 316 g/mol. The van der Waals surface area contributed by atoms with Crippen molar-refractivity contribution < 1.29 is 0 Å². The van der Waals surface area contributed by atoms with E-state index >= 15 is 0 Å². The Morgan fingerprint density at radius 1 is 1.20 bits per heavy atom. The number of halogens is 1. The summed E-state index contributed by atoms with van der Waals surface area (Å²) in [6, 6.07) is 8.31. The number of nitrogens with zero attached hydrogens (tertiary/aromatic N) is 4. The van der Waals surface area contributed by atoms with Gasteiger partial charge in [0.25, 0.3) is 0 Å². The van der Waals surface area contributed by atoms with Crippen molar-refractivity contribution in [1.82, 2.24) is 14.5 Å². The van der Waals surface area contributed by atoms with Crippen LogP contribution in [0.1, 0.15) is 5.56 Å². The van der Waals surface area contributed by atoms with Gasteiger partial charge in [0, 0.05) is 30.5 Å². The Kier molecular flexibility index (Phi) is 3.22. The topological polar surface area (TPSA) is 34.0 Å². The number of benzene rings is 1. The Hall–Kier alpha value is -1.88.